The fourth-order valence-corrected chi connectivity index (χ4v) is 2.84. The largest absolute Gasteiger partial charge is 0.349 e. The van der Waals surface area contributed by atoms with Gasteiger partial charge in [0, 0.05) is 10.9 Å². The average Bonchev–Trinajstić information content (AvgIpc) is 2.41. The zero-order valence-electron chi connectivity index (χ0n) is 10.6. The third-order valence-corrected chi connectivity index (χ3v) is 4.31. The van der Waals surface area contributed by atoms with Gasteiger partial charge in [-0.2, -0.15) is 0 Å². The first-order chi connectivity index (χ1) is 9.47. The van der Waals surface area contributed by atoms with Crippen LogP contribution < -0.4 is 5.32 Å². The summed E-state index contributed by atoms with van der Waals surface area (Å²) in [5.74, 6) is -1.25. The van der Waals surface area contributed by atoms with Crippen molar-refractivity contribution in [2.45, 2.75) is 36.6 Å². The van der Waals surface area contributed by atoms with Crippen LogP contribution in [0.15, 0.2) is 18.2 Å². The first kappa shape index (κ1) is 14.9. The maximum Gasteiger partial charge on any atom is 0.285 e. The number of benzene rings is 1. The van der Waals surface area contributed by atoms with Gasteiger partial charge in [-0.15, -0.1) is 0 Å². The third-order valence-electron chi connectivity index (χ3n) is 3.39. The molecule has 0 aromatic heterocycles. The molecule has 0 bridgehead atoms. The van der Waals surface area contributed by atoms with Crippen molar-refractivity contribution in [1.82, 2.24) is 5.32 Å². The molecule has 20 heavy (non-hydrogen) atoms. The summed E-state index contributed by atoms with van der Waals surface area (Å²) in [6, 6.07) is 2.99. The van der Waals surface area contributed by atoms with E-state index in [0.717, 1.165) is 43.9 Å². The van der Waals surface area contributed by atoms with Crippen molar-refractivity contribution in [3.05, 3.63) is 39.7 Å². The lowest BCUT2D eigenvalue weighted by Crippen LogP contribution is -2.38. The second-order valence-corrected chi connectivity index (χ2v) is 6.14. The Balaban J connectivity index is 2.11. The SMILES string of the molecule is O=C(NC1CCC(Br)CC1)c1ccc(F)cc1[N+](=O)[O-]. The van der Waals surface area contributed by atoms with Crippen molar-refractivity contribution in [3.8, 4) is 0 Å². The van der Waals surface area contributed by atoms with E-state index in [0.29, 0.717) is 4.83 Å². The van der Waals surface area contributed by atoms with Crippen LogP contribution in [-0.4, -0.2) is 21.7 Å². The molecular weight excluding hydrogens is 331 g/mol. The van der Waals surface area contributed by atoms with Gasteiger partial charge in [0.15, 0.2) is 0 Å². The molecule has 1 aliphatic rings. The predicted molar refractivity (Wildman–Crippen MR) is 75.5 cm³/mol. The third kappa shape index (κ3) is 3.53. The minimum absolute atomic E-state index is 0.0148. The van der Waals surface area contributed by atoms with E-state index in [1.807, 2.05) is 0 Å². The van der Waals surface area contributed by atoms with Crippen molar-refractivity contribution in [2.75, 3.05) is 0 Å². The number of amides is 1. The number of nitrogens with one attached hydrogen (secondary N) is 1. The number of halogens is 2. The Hall–Kier alpha value is -1.50. The number of nitro benzene ring substituents is 1. The summed E-state index contributed by atoms with van der Waals surface area (Å²) in [6.07, 6.45) is 3.57. The van der Waals surface area contributed by atoms with E-state index in [-0.39, 0.29) is 11.6 Å². The summed E-state index contributed by atoms with van der Waals surface area (Å²) in [5, 5.41) is 13.7. The van der Waals surface area contributed by atoms with Gasteiger partial charge < -0.3 is 5.32 Å². The number of hydrogen-bond acceptors (Lipinski definition) is 3. The Bertz CT molecular complexity index is 530. The standard InChI is InChI=1S/C13H14BrFN2O3/c14-8-1-4-10(5-2-8)16-13(18)11-6-3-9(15)7-12(11)17(19)20/h3,6-8,10H,1-2,4-5H2,(H,16,18). The van der Waals surface area contributed by atoms with E-state index in [1.54, 1.807) is 0 Å². The van der Waals surface area contributed by atoms with Gasteiger partial charge in [-0.1, -0.05) is 15.9 Å². The van der Waals surface area contributed by atoms with E-state index in [2.05, 4.69) is 21.2 Å². The van der Waals surface area contributed by atoms with Gasteiger partial charge in [-0.3, -0.25) is 14.9 Å². The lowest BCUT2D eigenvalue weighted by molar-refractivity contribution is -0.385. The van der Waals surface area contributed by atoms with Gasteiger partial charge in [0.25, 0.3) is 11.6 Å². The van der Waals surface area contributed by atoms with Crippen LogP contribution in [0.2, 0.25) is 0 Å². The molecule has 1 aromatic rings. The van der Waals surface area contributed by atoms with Crippen LogP contribution in [0.1, 0.15) is 36.0 Å². The number of nitrogens with zero attached hydrogens (tertiary/aromatic N) is 1. The molecule has 0 unspecified atom stereocenters. The van der Waals surface area contributed by atoms with Gasteiger partial charge in [0.1, 0.15) is 11.4 Å². The van der Waals surface area contributed by atoms with Gasteiger partial charge in [-0.05, 0) is 37.8 Å². The van der Waals surface area contributed by atoms with Crippen LogP contribution in [0.4, 0.5) is 10.1 Å². The molecule has 108 valence electrons. The van der Waals surface area contributed by atoms with E-state index in [4.69, 9.17) is 0 Å². The van der Waals surface area contributed by atoms with E-state index in [9.17, 15) is 19.3 Å². The molecule has 0 atom stereocenters. The van der Waals surface area contributed by atoms with E-state index < -0.39 is 22.3 Å². The van der Waals surface area contributed by atoms with Crippen molar-refractivity contribution in [2.24, 2.45) is 0 Å². The van der Waals surface area contributed by atoms with Crippen molar-refractivity contribution < 1.29 is 14.1 Å². The molecule has 1 aliphatic carbocycles. The Kier molecular flexibility index (Phi) is 4.69. The van der Waals surface area contributed by atoms with Crippen LogP contribution in [0.5, 0.6) is 0 Å². The summed E-state index contributed by atoms with van der Waals surface area (Å²) in [6.45, 7) is 0. The second kappa shape index (κ2) is 6.30. The zero-order chi connectivity index (χ0) is 14.7. The molecule has 7 heteroatoms. The van der Waals surface area contributed by atoms with Gasteiger partial charge >= 0.3 is 0 Å². The highest BCUT2D eigenvalue weighted by molar-refractivity contribution is 9.09. The first-order valence-corrected chi connectivity index (χ1v) is 7.28. The summed E-state index contributed by atoms with van der Waals surface area (Å²) in [4.78, 5) is 22.7. The predicted octanol–water partition coefficient (Wildman–Crippen LogP) is 3.17. The fraction of sp³-hybridized carbons (Fsp3) is 0.462. The molecule has 0 heterocycles. The molecule has 1 fully saturated rings. The fourth-order valence-electron chi connectivity index (χ4n) is 2.31. The first-order valence-electron chi connectivity index (χ1n) is 6.36. The molecule has 0 aliphatic heterocycles. The van der Waals surface area contributed by atoms with Crippen LogP contribution in [0.3, 0.4) is 0 Å². The molecule has 0 saturated heterocycles. The Morgan fingerprint density at radius 2 is 2.00 bits per heavy atom. The van der Waals surface area contributed by atoms with Gasteiger partial charge in [0.05, 0.1) is 11.0 Å². The summed E-state index contributed by atoms with van der Waals surface area (Å²) < 4.78 is 13.0. The van der Waals surface area contributed by atoms with Crippen LogP contribution >= 0.6 is 15.9 Å². The average molecular weight is 345 g/mol. The lowest BCUT2D eigenvalue weighted by atomic mass is 9.95. The Morgan fingerprint density at radius 3 is 2.60 bits per heavy atom. The van der Waals surface area contributed by atoms with Crippen molar-refractivity contribution >= 4 is 27.5 Å². The van der Waals surface area contributed by atoms with E-state index >= 15 is 0 Å². The molecule has 0 spiro atoms. The second-order valence-electron chi connectivity index (χ2n) is 4.84. The monoisotopic (exact) mass is 344 g/mol. The van der Waals surface area contributed by atoms with Gasteiger partial charge in [0.2, 0.25) is 0 Å². The molecule has 1 aromatic carbocycles. The zero-order valence-corrected chi connectivity index (χ0v) is 12.2. The number of carbonyl (C=O) groups is 1. The number of alkyl halides is 1. The summed E-state index contributed by atoms with van der Waals surface area (Å²) in [7, 11) is 0. The highest BCUT2D eigenvalue weighted by Gasteiger charge is 2.25. The smallest absolute Gasteiger partial charge is 0.285 e. The molecular formula is C13H14BrFN2O3. The number of rotatable bonds is 3. The van der Waals surface area contributed by atoms with E-state index in [1.165, 1.54) is 0 Å². The Labute approximate surface area is 123 Å². The number of hydrogen-bond donors (Lipinski definition) is 1. The lowest BCUT2D eigenvalue weighted by Gasteiger charge is -2.25. The normalized spacial score (nSPS) is 22.3. The number of carbonyl (C=O) groups excluding carboxylic acids is 1. The highest BCUT2D eigenvalue weighted by Crippen LogP contribution is 2.25. The minimum Gasteiger partial charge on any atom is -0.349 e. The molecule has 0 radical (unpaired) electrons. The molecule has 1 amide bonds. The van der Waals surface area contributed by atoms with Crippen LogP contribution in [0, 0.1) is 15.9 Å². The maximum absolute atomic E-state index is 13.0. The van der Waals surface area contributed by atoms with Gasteiger partial charge in [-0.25, -0.2) is 4.39 Å². The maximum atomic E-state index is 13.0. The topological polar surface area (TPSA) is 72.2 Å². The van der Waals surface area contributed by atoms with Crippen molar-refractivity contribution in [1.29, 1.82) is 0 Å². The minimum atomic E-state index is -0.743. The summed E-state index contributed by atoms with van der Waals surface area (Å²) >= 11 is 3.52. The van der Waals surface area contributed by atoms with Crippen LogP contribution in [-0.2, 0) is 0 Å². The molecule has 1 saturated carbocycles. The Morgan fingerprint density at radius 1 is 1.35 bits per heavy atom. The molecule has 2 rings (SSSR count). The quantitative estimate of drug-likeness (QED) is 0.520. The van der Waals surface area contributed by atoms with Crippen molar-refractivity contribution in [3.63, 3.8) is 0 Å². The highest BCUT2D eigenvalue weighted by atomic mass is 79.9. The van der Waals surface area contributed by atoms with Crippen LogP contribution in [0.25, 0.3) is 0 Å². The number of nitro groups is 1. The molecule has 5 nitrogen and oxygen atoms in total. The summed E-state index contributed by atoms with van der Waals surface area (Å²) in [5.41, 5.74) is -0.603. The molecule has 1 N–H and O–H groups in total.